The molecule has 1 amide bonds. The molecule has 1 aromatic heterocycles. The maximum Gasteiger partial charge on any atom is 0.271 e. The van der Waals surface area contributed by atoms with Gasteiger partial charge in [-0.05, 0) is 25.5 Å². The van der Waals surface area contributed by atoms with E-state index in [0.717, 1.165) is 19.4 Å². The Labute approximate surface area is 125 Å². The van der Waals surface area contributed by atoms with Crippen molar-refractivity contribution in [1.29, 1.82) is 0 Å². The van der Waals surface area contributed by atoms with E-state index in [2.05, 4.69) is 22.5 Å². The van der Waals surface area contributed by atoms with Gasteiger partial charge in [-0.15, -0.1) is 0 Å². The molecule has 1 heterocycles. The second-order valence-electron chi connectivity index (χ2n) is 4.47. The van der Waals surface area contributed by atoms with Crippen molar-refractivity contribution in [2.75, 3.05) is 25.6 Å². The lowest BCUT2D eigenvalue weighted by molar-refractivity contribution is 0.0887. The second kappa shape index (κ2) is 8.76. The molecule has 0 spiro atoms. The van der Waals surface area contributed by atoms with Crippen LogP contribution in [0, 0.1) is 0 Å². The van der Waals surface area contributed by atoms with E-state index in [1.54, 1.807) is 19.2 Å². The van der Waals surface area contributed by atoms with E-state index in [1.807, 2.05) is 6.92 Å². The molecule has 0 bridgehead atoms. The fraction of sp³-hybridized carbons (Fsp3) is 0.571. The molecule has 1 aromatic rings. The summed E-state index contributed by atoms with van der Waals surface area (Å²) in [6, 6.07) is 3.40. The first-order valence-electron chi connectivity index (χ1n) is 6.82. The van der Waals surface area contributed by atoms with Crippen LogP contribution in [0.2, 0.25) is 5.02 Å². The molecule has 2 N–H and O–H groups in total. The minimum absolute atomic E-state index is 0.0295. The number of rotatable bonds is 8. The largest absolute Gasteiger partial charge is 0.383 e. The number of nitrogens with zero attached hydrogens (tertiary/aromatic N) is 1. The fourth-order valence-corrected chi connectivity index (χ4v) is 2.07. The molecule has 0 saturated heterocycles. The number of halogens is 1. The van der Waals surface area contributed by atoms with E-state index in [1.165, 1.54) is 0 Å². The minimum Gasteiger partial charge on any atom is -0.383 e. The number of amides is 1. The number of anilines is 1. The van der Waals surface area contributed by atoms with Crippen molar-refractivity contribution >= 4 is 23.3 Å². The zero-order chi connectivity index (χ0) is 15.0. The number of nitrogens with one attached hydrogen (secondary N) is 2. The summed E-state index contributed by atoms with van der Waals surface area (Å²) >= 11 is 6.05. The third kappa shape index (κ3) is 4.98. The van der Waals surface area contributed by atoms with E-state index in [-0.39, 0.29) is 17.6 Å². The van der Waals surface area contributed by atoms with Crippen LogP contribution < -0.4 is 10.6 Å². The monoisotopic (exact) mass is 299 g/mol. The van der Waals surface area contributed by atoms with Gasteiger partial charge in [0.15, 0.2) is 0 Å². The minimum atomic E-state index is -0.273. The topological polar surface area (TPSA) is 63.2 Å². The van der Waals surface area contributed by atoms with Gasteiger partial charge in [-0.25, -0.2) is 4.98 Å². The summed E-state index contributed by atoms with van der Waals surface area (Å²) in [6.45, 7) is 5.24. The number of pyridine rings is 1. The Morgan fingerprint density at radius 2 is 2.20 bits per heavy atom. The lowest BCUT2D eigenvalue weighted by Crippen LogP contribution is -2.38. The van der Waals surface area contributed by atoms with Crippen LogP contribution in [0.15, 0.2) is 12.1 Å². The van der Waals surface area contributed by atoms with Gasteiger partial charge in [0.1, 0.15) is 11.5 Å². The quantitative estimate of drug-likeness (QED) is 0.775. The van der Waals surface area contributed by atoms with Gasteiger partial charge in [0.25, 0.3) is 5.91 Å². The zero-order valence-electron chi connectivity index (χ0n) is 12.2. The molecule has 112 valence electrons. The number of ether oxygens (including phenoxy) is 1. The van der Waals surface area contributed by atoms with Crippen LogP contribution in [-0.4, -0.2) is 37.2 Å². The smallest absolute Gasteiger partial charge is 0.271 e. The van der Waals surface area contributed by atoms with Crippen LogP contribution in [-0.2, 0) is 4.74 Å². The molecule has 0 saturated carbocycles. The van der Waals surface area contributed by atoms with Gasteiger partial charge in [0.2, 0.25) is 0 Å². The summed E-state index contributed by atoms with van der Waals surface area (Å²) in [5.74, 6) is 0.367. The first-order chi connectivity index (χ1) is 9.62. The Morgan fingerprint density at radius 1 is 1.45 bits per heavy atom. The zero-order valence-corrected chi connectivity index (χ0v) is 13.0. The summed E-state index contributed by atoms with van der Waals surface area (Å²) in [4.78, 5) is 16.5. The molecule has 0 fully saturated rings. The van der Waals surface area contributed by atoms with Crippen molar-refractivity contribution in [3.63, 3.8) is 0 Å². The van der Waals surface area contributed by atoms with Crippen molar-refractivity contribution in [2.45, 2.75) is 32.7 Å². The lowest BCUT2D eigenvalue weighted by atomic mass is 10.1. The maximum atomic E-state index is 12.2. The number of carbonyl (C=O) groups is 1. The van der Waals surface area contributed by atoms with Gasteiger partial charge in [0, 0.05) is 13.7 Å². The first-order valence-corrected chi connectivity index (χ1v) is 7.20. The lowest BCUT2D eigenvalue weighted by Gasteiger charge is -2.17. The van der Waals surface area contributed by atoms with Crippen LogP contribution in [0.4, 0.5) is 5.82 Å². The van der Waals surface area contributed by atoms with Gasteiger partial charge < -0.3 is 15.4 Å². The summed E-state index contributed by atoms with van der Waals surface area (Å²) in [6.07, 6.45) is 1.82. The molecule has 1 unspecified atom stereocenters. The van der Waals surface area contributed by atoms with Crippen LogP contribution >= 0.6 is 11.6 Å². The molecule has 0 aromatic carbocycles. The highest BCUT2D eigenvalue weighted by Gasteiger charge is 2.17. The number of hydrogen-bond donors (Lipinski definition) is 2. The van der Waals surface area contributed by atoms with Crippen molar-refractivity contribution in [1.82, 2.24) is 10.3 Å². The van der Waals surface area contributed by atoms with Crippen molar-refractivity contribution in [2.24, 2.45) is 0 Å². The third-order valence-corrected chi connectivity index (χ3v) is 3.06. The normalized spacial score (nSPS) is 12.0. The highest BCUT2D eigenvalue weighted by molar-refractivity contribution is 6.33. The molecular weight excluding hydrogens is 278 g/mol. The van der Waals surface area contributed by atoms with Crippen LogP contribution in [0.3, 0.4) is 0 Å². The van der Waals surface area contributed by atoms with Crippen LogP contribution in [0.5, 0.6) is 0 Å². The summed E-state index contributed by atoms with van der Waals surface area (Å²) in [7, 11) is 1.62. The van der Waals surface area contributed by atoms with E-state index in [0.29, 0.717) is 17.4 Å². The molecular formula is C14H22ClN3O2. The number of hydrogen-bond acceptors (Lipinski definition) is 4. The van der Waals surface area contributed by atoms with E-state index in [9.17, 15) is 4.79 Å². The van der Waals surface area contributed by atoms with E-state index in [4.69, 9.17) is 16.3 Å². The van der Waals surface area contributed by atoms with E-state index >= 15 is 0 Å². The molecule has 1 atom stereocenters. The predicted octanol–water partition coefficient (Wildman–Crippen LogP) is 2.71. The molecule has 0 radical (unpaired) electrons. The Kier molecular flexibility index (Phi) is 7.33. The number of aromatic nitrogens is 1. The second-order valence-corrected chi connectivity index (χ2v) is 4.88. The summed E-state index contributed by atoms with van der Waals surface area (Å²) in [5, 5.41) is 6.31. The van der Waals surface area contributed by atoms with Gasteiger partial charge >= 0.3 is 0 Å². The summed E-state index contributed by atoms with van der Waals surface area (Å²) < 4.78 is 5.11. The molecule has 0 aliphatic rings. The Hall–Kier alpha value is -1.33. The first kappa shape index (κ1) is 16.7. The van der Waals surface area contributed by atoms with Gasteiger partial charge in [-0.3, -0.25) is 4.79 Å². The number of carbonyl (C=O) groups excluding carboxylic acids is 1. The number of methoxy groups -OCH3 is 1. The third-order valence-electron chi connectivity index (χ3n) is 2.76. The molecule has 1 rings (SSSR count). The standard InChI is InChI=1S/C14H22ClN3O2/c1-4-6-10(9-20-3)17-14(19)13-11(15)7-8-12(18-13)16-5-2/h7-8,10H,4-6,9H2,1-3H3,(H,16,18)(H,17,19). The SMILES string of the molecule is CCCC(COC)NC(=O)c1nc(NCC)ccc1Cl. The molecule has 6 heteroatoms. The predicted molar refractivity (Wildman–Crippen MR) is 81.4 cm³/mol. The Bertz CT molecular complexity index is 434. The van der Waals surface area contributed by atoms with Crippen LogP contribution in [0.1, 0.15) is 37.2 Å². The van der Waals surface area contributed by atoms with Gasteiger partial charge in [0.05, 0.1) is 17.7 Å². The molecule has 5 nitrogen and oxygen atoms in total. The molecule has 0 aliphatic heterocycles. The highest BCUT2D eigenvalue weighted by atomic mass is 35.5. The molecule has 20 heavy (non-hydrogen) atoms. The summed E-state index contributed by atoms with van der Waals surface area (Å²) in [5.41, 5.74) is 0.238. The maximum absolute atomic E-state index is 12.2. The van der Waals surface area contributed by atoms with Crippen LogP contribution in [0.25, 0.3) is 0 Å². The van der Waals surface area contributed by atoms with E-state index < -0.39 is 0 Å². The van der Waals surface area contributed by atoms with Gasteiger partial charge in [-0.2, -0.15) is 0 Å². The highest BCUT2D eigenvalue weighted by Crippen LogP contribution is 2.17. The Balaban J connectivity index is 2.81. The average molecular weight is 300 g/mol. The van der Waals surface area contributed by atoms with Crippen molar-refractivity contribution in [3.05, 3.63) is 22.8 Å². The van der Waals surface area contributed by atoms with Gasteiger partial charge in [-0.1, -0.05) is 24.9 Å². The van der Waals surface area contributed by atoms with Crippen molar-refractivity contribution in [3.8, 4) is 0 Å². The average Bonchev–Trinajstić information content (AvgIpc) is 2.41. The fourth-order valence-electron chi connectivity index (χ4n) is 1.88. The van der Waals surface area contributed by atoms with Crippen molar-refractivity contribution < 1.29 is 9.53 Å². The Morgan fingerprint density at radius 3 is 2.80 bits per heavy atom. The molecule has 0 aliphatic carbocycles.